The third kappa shape index (κ3) is 3.92. The number of nitrogens with one attached hydrogen (secondary N) is 1. The Morgan fingerprint density at radius 1 is 1.06 bits per heavy atom. The molecule has 0 bridgehead atoms. The monoisotopic (exact) mass is 295 g/mol. The minimum absolute atomic E-state index is 0.420. The number of aliphatic hydroxyl groups is 1. The summed E-state index contributed by atoms with van der Waals surface area (Å²) in [6.07, 6.45) is 1.35. The van der Waals surface area contributed by atoms with E-state index in [0.29, 0.717) is 40.1 Å². The van der Waals surface area contributed by atoms with Crippen LogP contribution in [0.2, 0.25) is 15.1 Å². The first-order valence-electron chi connectivity index (χ1n) is 5.52. The van der Waals surface area contributed by atoms with E-state index in [1.54, 1.807) is 12.1 Å². The summed E-state index contributed by atoms with van der Waals surface area (Å²) in [5, 5.41) is 14.6. The second-order valence-corrected chi connectivity index (χ2v) is 5.25. The molecule has 0 amide bonds. The molecule has 0 spiro atoms. The maximum atomic E-state index is 10.1. The van der Waals surface area contributed by atoms with Gasteiger partial charge in [-0.15, -0.1) is 0 Å². The van der Waals surface area contributed by atoms with Gasteiger partial charge in [0.05, 0.1) is 26.4 Å². The van der Waals surface area contributed by atoms with Crippen LogP contribution in [0.1, 0.15) is 26.7 Å². The number of hydrogen-bond acceptors (Lipinski definition) is 2. The van der Waals surface area contributed by atoms with Crippen LogP contribution in [-0.4, -0.2) is 17.3 Å². The zero-order chi connectivity index (χ0) is 13.1. The van der Waals surface area contributed by atoms with Crippen LogP contribution in [0.3, 0.4) is 0 Å². The third-order valence-corrected chi connectivity index (χ3v) is 3.97. The molecule has 1 aromatic rings. The predicted octanol–water partition coefficient (Wildman–Crippen LogP) is 4.61. The van der Waals surface area contributed by atoms with E-state index in [-0.39, 0.29) is 0 Å². The minimum atomic E-state index is -0.727. The number of hydrogen-bond donors (Lipinski definition) is 2. The molecule has 0 aliphatic carbocycles. The fourth-order valence-corrected chi connectivity index (χ4v) is 2.03. The van der Waals surface area contributed by atoms with Crippen molar-refractivity contribution in [2.24, 2.45) is 0 Å². The number of rotatable bonds is 5. The summed E-state index contributed by atoms with van der Waals surface area (Å²) in [6.45, 7) is 4.32. The van der Waals surface area contributed by atoms with E-state index in [9.17, 15) is 5.11 Å². The summed E-state index contributed by atoms with van der Waals surface area (Å²) < 4.78 is 0. The summed E-state index contributed by atoms with van der Waals surface area (Å²) in [7, 11) is 0. The Bertz CT molecular complexity index is 392. The van der Waals surface area contributed by atoms with Gasteiger partial charge in [0.15, 0.2) is 0 Å². The van der Waals surface area contributed by atoms with E-state index in [1.165, 1.54) is 0 Å². The quantitative estimate of drug-likeness (QED) is 0.778. The topological polar surface area (TPSA) is 32.3 Å². The van der Waals surface area contributed by atoms with Gasteiger partial charge in [0.2, 0.25) is 0 Å². The maximum absolute atomic E-state index is 10.1. The van der Waals surface area contributed by atoms with Crippen LogP contribution >= 0.6 is 34.8 Å². The lowest BCUT2D eigenvalue weighted by molar-refractivity contribution is 0.0457. The SMILES string of the molecule is CCC(O)(CC)CNc1cc(Cl)c(Cl)cc1Cl. The molecule has 0 unspecified atom stereocenters. The van der Waals surface area contributed by atoms with Crippen LogP contribution in [0.25, 0.3) is 0 Å². The van der Waals surface area contributed by atoms with E-state index in [1.807, 2.05) is 13.8 Å². The molecule has 0 heterocycles. The maximum Gasteiger partial charge on any atom is 0.0814 e. The van der Waals surface area contributed by atoms with Gasteiger partial charge in [-0.25, -0.2) is 0 Å². The molecule has 5 heteroatoms. The van der Waals surface area contributed by atoms with Crippen LogP contribution in [0.5, 0.6) is 0 Å². The summed E-state index contributed by atoms with van der Waals surface area (Å²) in [5.74, 6) is 0. The van der Waals surface area contributed by atoms with E-state index in [2.05, 4.69) is 5.32 Å². The summed E-state index contributed by atoms with van der Waals surface area (Å²) >= 11 is 17.8. The van der Waals surface area contributed by atoms with Crippen molar-refractivity contribution in [3.63, 3.8) is 0 Å². The molecular formula is C12H16Cl3NO. The highest BCUT2D eigenvalue weighted by Crippen LogP contribution is 2.32. The van der Waals surface area contributed by atoms with Gasteiger partial charge in [0.25, 0.3) is 0 Å². The molecule has 2 nitrogen and oxygen atoms in total. The largest absolute Gasteiger partial charge is 0.388 e. The predicted molar refractivity (Wildman–Crippen MR) is 75.5 cm³/mol. The Labute approximate surface area is 117 Å². The first-order chi connectivity index (χ1) is 7.91. The number of anilines is 1. The normalized spacial score (nSPS) is 11.6. The molecule has 1 rings (SSSR count). The van der Waals surface area contributed by atoms with Gasteiger partial charge in [-0.2, -0.15) is 0 Å². The van der Waals surface area contributed by atoms with Gasteiger partial charge in [0.1, 0.15) is 0 Å². The standard InChI is InChI=1S/C12H16Cl3NO/c1-3-12(17,4-2)7-16-11-6-9(14)8(13)5-10(11)15/h5-6,16-17H,3-4,7H2,1-2H3. The molecule has 1 aromatic carbocycles. The van der Waals surface area contributed by atoms with Crippen molar-refractivity contribution in [2.45, 2.75) is 32.3 Å². The highest BCUT2D eigenvalue weighted by Gasteiger charge is 2.22. The molecule has 0 fully saturated rings. The Morgan fingerprint density at radius 3 is 2.12 bits per heavy atom. The van der Waals surface area contributed by atoms with Gasteiger partial charge in [-0.1, -0.05) is 48.7 Å². The first-order valence-corrected chi connectivity index (χ1v) is 6.66. The van der Waals surface area contributed by atoms with Crippen LogP contribution < -0.4 is 5.32 Å². The fraction of sp³-hybridized carbons (Fsp3) is 0.500. The lowest BCUT2D eigenvalue weighted by Gasteiger charge is -2.26. The van der Waals surface area contributed by atoms with Gasteiger partial charge in [-0.05, 0) is 25.0 Å². The Hall–Kier alpha value is -0.150. The summed E-state index contributed by atoms with van der Waals surface area (Å²) in [5.41, 5.74) is -0.0449. The molecule has 17 heavy (non-hydrogen) atoms. The van der Waals surface area contributed by atoms with Gasteiger partial charge in [-0.3, -0.25) is 0 Å². The average molecular weight is 297 g/mol. The number of halogens is 3. The minimum Gasteiger partial charge on any atom is -0.388 e. The Kier molecular flexibility index (Phi) is 5.39. The molecule has 0 aromatic heterocycles. The summed E-state index contributed by atoms with van der Waals surface area (Å²) in [4.78, 5) is 0. The lowest BCUT2D eigenvalue weighted by atomic mass is 9.97. The van der Waals surface area contributed by atoms with Gasteiger partial charge >= 0.3 is 0 Å². The zero-order valence-corrected chi connectivity index (χ0v) is 12.1. The molecule has 0 atom stereocenters. The van der Waals surface area contributed by atoms with Crippen molar-refractivity contribution < 1.29 is 5.11 Å². The van der Waals surface area contributed by atoms with E-state index in [4.69, 9.17) is 34.8 Å². The second kappa shape index (κ2) is 6.14. The number of benzene rings is 1. The van der Waals surface area contributed by atoms with E-state index >= 15 is 0 Å². The van der Waals surface area contributed by atoms with E-state index in [0.717, 1.165) is 0 Å². The second-order valence-electron chi connectivity index (χ2n) is 4.03. The first kappa shape index (κ1) is 14.9. The molecule has 0 aliphatic heterocycles. The Balaban J connectivity index is 2.79. The molecule has 0 radical (unpaired) electrons. The van der Waals surface area contributed by atoms with Crippen molar-refractivity contribution in [3.8, 4) is 0 Å². The molecular weight excluding hydrogens is 280 g/mol. The fourth-order valence-electron chi connectivity index (χ4n) is 1.42. The van der Waals surface area contributed by atoms with Crippen molar-refractivity contribution in [1.82, 2.24) is 0 Å². The summed E-state index contributed by atoms with van der Waals surface area (Å²) in [6, 6.07) is 3.25. The lowest BCUT2D eigenvalue weighted by Crippen LogP contribution is -2.35. The average Bonchev–Trinajstić information content (AvgIpc) is 2.32. The van der Waals surface area contributed by atoms with Crippen molar-refractivity contribution in [2.75, 3.05) is 11.9 Å². The van der Waals surface area contributed by atoms with Crippen LogP contribution in [0, 0.1) is 0 Å². The molecule has 2 N–H and O–H groups in total. The van der Waals surface area contributed by atoms with Crippen LogP contribution in [0.15, 0.2) is 12.1 Å². The third-order valence-electron chi connectivity index (χ3n) is 2.93. The molecule has 0 aliphatic rings. The van der Waals surface area contributed by atoms with Crippen molar-refractivity contribution >= 4 is 40.5 Å². The van der Waals surface area contributed by atoms with E-state index < -0.39 is 5.60 Å². The molecule has 96 valence electrons. The Morgan fingerprint density at radius 2 is 1.59 bits per heavy atom. The van der Waals surface area contributed by atoms with Gasteiger partial charge in [0, 0.05) is 6.54 Å². The van der Waals surface area contributed by atoms with Crippen LogP contribution in [-0.2, 0) is 0 Å². The highest BCUT2D eigenvalue weighted by molar-refractivity contribution is 6.44. The molecule has 0 saturated carbocycles. The molecule has 0 saturated heterocycles. The highest BCUT2D eigenvalue weighted by atomic mass is 35.5. The van der Waals surface area contributed by atoms with Gasteiger partial charge < -0.3 is 10.4 Å². The smallest absolute Gasteiger partial charge is 0.0814 e. The zero-order valence-electron chi connectivity index (χ0n) is 9.86. The van der Waals surface area contributed by atoms with Crippen LogP contribution in [0.4, 0.5) is 5.69 Å². The van der Waals surface area contributed by atoms with Crippen molar-refractivity contribution in [1.29, 1.82) is 0 Å². The van der Waals surface area contributed by atoms with Crippen molar-refractivity contribution in [3.05, 3.63) is 27.2 Å².